The van der Waals surface area contributed by atoms with E-state index in [1.165, 1.54) is 51.4 Å². The first-order chi connectivity index (χ1) is 11.9. The molecule has 4 aliphatic rings. The van der Waals surface area contributed by atoms with Crippen LogP contribution in [-0.4, -0.2) is 11.2 Å². The minimum absolute atomic E-state index is 0.0736. The summed E-state index contributed by atoms with van der Waals surface area (Å²) in [5, 5.41) is 10.2. The molecule has 0 saturated heterocycles. The van der Waals surface area contributed by atoms with Gasteiger partial charge in [0.2, 0.25) is 0 Å². The SMILES string of the molecule is CCC[C@@H](C)[C@H]1CC[C@@H]2[C@H]3CC=C4C[C@@H](O)CC[C@]4(C)[C@@H]3CC[C@@]21C. The van der Waals surface area contributed by atoms with E-state index in [2.05, 4.69) is 33.8 Å². The Morgan fingerprint density at radius 3 is 2.68 bits per heavy atom. The number of hydrogen-bond acceptors (Lipinski definition) is 1. The van der Waals surface area contributed by atoms with Gasteiger partial charge < -0.3 is 5.11 Å². The van der Waals surface area contributed by atoms with E-state index in [0.717, 1.165) is 42.4 Å². The standard InChI is InChI=1S/C24H40O/c1-5-6-16(2)20-9-10-21-19-8-7-17-15-18(25)11-13-23(17,3)22(19)12-14-24(20,21)4/h7,16,18-22,25H,5-6,8-15H2,1-4H3/t16-,18+,19-,20-,21-,22-,23+,24-/m1/s1. The molecule has 0 spiro atoms. The van der Waals surface area contributed by atoms with Crippen LogP contribution in [0.1, 0.15) is 91.9 Å². The summed E-state index contributed by atoms with van der Waals surface area (Å²) in [5.41, 5.74) is 2.62. The maximum atomic E-state index is 10.2. The quantitative estimate of drug-likeness (QED) is 0.590. The summed E-state index contributed by atoms with van der Waals surface area (Å²) in [7, 11) is 0. The van der Waals surface area contributed by atoms with E-state index >= 15 is 0 Å². The number of aliphatic hydroxyl groups excluding tert-OH is 1. The number of hydrogen-bond donors (Lipinski definition) is 1. The Morgan fingerprint density at radius 2 is 1.92 bits per heavy atom. The van der Waals surface area contributed by atoms with Gasteiger partial charge in [-0.25, -0.2) is 0 Å². The molecular formula is C24H40O. The van der Waals surface area contributed by atoms with E-state index < -0.39 is 0 Å². The summed E-state index contributed by atoms with van der Waals surface area (Å²) in [6.07, 6.45) is 15.6. The molecule has 1 nitrogen and oxygen atoms in total. The van der Waals surface area contributed by atoms with E-state index in [9.17, 15) is 5.11 Å². The highest BCUT2D eigenvalue weighted by molar-refractivity contribution is 5.25. The van der Waals surface area contributed by atoms with Crippen molar-refractivity contribution >= 4 is 0 Å². The van der Waals surface area contributed by atoms with Crippen LogP contribution in [0, 0.1) is 40.4 Å². The molecule has 0 aromatic rings. The predicted molar refractivity (Wildman–Crippen MR) is 105 cm³/mol. The van der Waals surface area contributed by atoms with Crippen molar-refractivity contribution in [1.82, 2.24) is 0 Å². The maximum Gasteiger partial charge on any atom is 0.0577 e. The molecule has 0 aromatic heterocycles. The van der Waals surface area contributed by atoms with Gasteiger partial charge in [-0.15, -0.1) is 0 Å². The van der Waals surface area contributed by atoms with Crippen molar-refractivity contribution in [2.75, 3.05) is 0 Å². The zero-order chi connectivity index (χ0) is 17.8. The lowest BCUT2D eigenvalue weighted by molar-refractivity contribution is -0.0571. The molecule has 8 atom stereocenters. The van der Waals surface area contributed by atoms with Gasteiger partial charge in [0.25, 0.3) is 0 Å². The van der Waals surface area contributed by atoms with Crippen molar-refractivity contribution in [3.8, 4) is 0 Å². The molecule has 0 radical (unpaired) electrons. The Labute approximate surface area is 155 Å². The van der Waals surface area contributed by atoms with Crippen molar-refractivity contribution in [3.05, 3.63) is 11.6 Å². The molecule has 4 rings (SSSR count). The summed E-state index contributed by atoms with van der Waals surface area (Å²) < 4.78 is 0. The third-order valence-corrected chi connectivity index (χ3v) is 9.58. The summed E-state index contributed by atoms with van der Waals surface area (Å²) in [4.78, 5) is 0. The second-order valence-electron chi connectivity index (χ2n) is 10.7. The first-order valence-corrected chi connectivity index (χ1v) is 11.3. The minimum atomic E-state index is -0.0736. The molecule has 3 saturated carbocycles. The lowest BCUT2D eigenvalue weighted by Crippen LogP contribution is -2.50. The summed E-state index contributed by atoms with van der Waals surface area (Å²) in [6.45, 7) is 10.1. The molecule has 142 valence electrons. The molecule has 0 bridgehead atoms. The third-order valence-electron chi connectivity index (χ3n) is 9.58. The average Bonchev–Trinajstić information content (AvgIpc) is 2.93. The number of allylic oxidation sites excluding steroid dienone is 1. The van der Waals surface area contributed by atoms with Crippen molar-refractivity contribution in [3.63, 3.8) is 0 Å². The second-order valence-corrected chi connectivity index (χ2v) is 10.7. The van der Waals surface area contributed by atoms with Gasteiger partial charge in [-0.1, -0.05) is 52.2 Å². The molecule has 4 aliphatic carbocycles. The van der Waals surface area contributed by atoms with Gasteiger partial charge in [-0.2, -0.15) is 0 Å². The predicted octanol–water partition coefficient (Wildman–Crippen LogP) is 6.36. The van der Waals surface area contributed by atoms with Gasteiger partial charge in [0.05, 0.1) is 6.10 Å². The number of fused-ring (bicyclic) bond motifs is 5. The fourth-order valence-electron chi connectivity index (χ4n) is 8.27. The van der Waals surface area contributed by atoms with E-state index in [1.54, 1.807) is 5.57 Å². The van der Waals surface area contributed by atoms with E-state index in [4.69, 9.17) is 0 Å². The Hall–Kier alpha value is -0.300. The van der Waals surface area contributed by atoms with E-state index in [0.29, 0.717) is 10.8 Å². The first kappa shape index (κ1) is 18.1. The van der Waals surface area contributed by atoms with Crippen LogP contribution >= 0.6 is 0 Å². The van der Waals surface area contributed by atoms with Crippen LogP contribution in [0.25, 0.3) is 0 Å². The van der Waals surface area contributed by atoms with Crippen molar-refractivity contribution in [1.29, 1.82) is 0 Å². The average molecular weight is 345 g/mol. The topological polar surface area (TPSA) is 20.2 Å². The number of rotatable bonds is 3. The normalized spacial score (nSPS) is 50.4. The molecule has 0 amide bonds. The lowest BCUT2D eigenvalue weighted by Gasteiger charge is -2.58. The maximum absolute atomic E-state index is 10.2. The largest absolute Gasteiger partial charge is 0.393 e. The van der Waals surface area contributed by atoms with Crippen LogP contribution in [0.4, 0.5) is 0 Å². The zero-order valence-electron chi connectivity index (χ0n) is 17.1. The van der Waals surface area contributed by atoms with Gasteiger partial charge in [0.15, 0.2) is 0 Å². The Bertz CT molecular complexity index is 536. The van der Waals surface area contributed by atoms with E-state index in [-0.39, 0.29) is 6.10 Å². The van der Waals surface area contributed by atoms with Crippen LogP contribution < -0.4 is 0 Å². The summed E-state index contributed by atoms with van der Waals surface area (Å²) in [5.74, 6) is 4.63. The van der Waals surface area contributed by atoms with Gasteiger partial charge in [-0.3, -0.25) is 0 Å². The van der Waals surface area contributed by atoms with Crippen LogP contribution in [0.2, 0.25) is 0 Å². The molecule has 0 aliphatic heterocycles. The molecule has 25 heavy (non-hydrogen) atoms. The van der Waals surface area contributed by atoms with Crippen molar-refractivity contribution in [2.45, 2.75) is 98.0 Å². The lowest BCUT2D eigenvalue weighted by atomic mass is 9.47. The fraction of sp³-hybridized carbons (Fsp3) is 0.917. The van der Waals surface area contributed by atoms with Gasteiger partial charge in [-0.05, 0) is 91.8 Å². The highest BCUT2D eigenvalue weighted by Crippen LogP contribution is 2.67. The Balaban J connectivity index is 1.60. The van der Waals surface area contributed by atoms with Gasteiger partial charge >= 0.3 is 0 Å². The van der Waals surface area contributed by atoms with Crippen molar-refractivity contribution in [2.24, 2.45) is 40.4 Å². The highest BCUT2D eigenvalue weighted by atomic mass is 16.3. The molecule has 0 unspecified atom stereocenters. The van der Waals surface area contributed by atoms with Crippen LogP contribution in [-0.2, 0) is 0 Å². The molecule has 0 heterocycles. The number of aliphatic hydroxyl groups is 1. The molecular weight excluding hydrogens is 304 g/mol. The van der Waals surface area contributed by atoms with Crippen molar-refractivity contribution < 1.29 is 5.11 Å². The van der Waals surface area contributed by atoms with Crippen LogP contribution in [0.15, 0.2) is 11.6 Å². The van der Waals surface area contributed by atoms with Crippen LogP contribution in [0.3, 0.4) is 0 Å². The smallest absolute Gasteiger partial charge is 0.0577 e. The van der Waals surface area contributed by atoms with Gasteiger partial charge in [0, 0.05) is 0 Å². The second kappa shape index (κ2) is 6.39. The molecule has 3 fully saturated rings. The fourth-order valence-corrected chi connectivity index (χ4v) is 8.27. The summed E-state index contributed by atoms with van der Waals surface area (Å²) >= 11 is 0. The molecule has 0 aromatic carbocycles. The summed E-state index contributed by atoms with van der Waals surface area (Å²) in [6, 6.07) is 0. The first-order valence-electron chi connectivity index (χ1n) is 11.3. The van der Waals surface area contributed by atoms with Gasteiger partial charge in [0.1, 0.15) is 0 Å². The molecule has 1 N–H and O–H groups in total. The van der Waals surface area contributed by atoms with Crippen LogP contribution in [0.5, 0.6) is 0 Å². The minimum Gasteiger partial charge on any atom is -0.393 e. The van der Waals surface area contributed by atoms with E-state index in [1.807, 2.05) is 0 Å². The Kier molecular flexibility index (Phi) is 4.63. The molecule has 1 heteroatoms. The highest BCUT2D eigenvalue weighted by Gasteiger charge is 2.58. The zero-order valence-corrected chi connectivity index (χ0v) is 17.1. The Morgan fingerprint density at radius 1 is 1.12 bits per heavy atom. The third kappa shape index (κ3) is 2.67. The monoisotopic (exact) mass is 344 g/mol.